The smallest absolute Gasteiger partial charge is 0.0760 e. The molecule has 2 saturated heterocycles. The lowest BCUT2D eigenvalue weighted by Gasteiger charge is -2.31. The Hall–Kier alpha value is -0.0800. The predicted molar refractivity (Wildman–Crippen MR) is 63.9 cm³/mol. The van der Waals surface area contributed by atoms with E-state index in [1.54, 1.807) is 0 Å². The van der Waals surface area contributed by atoms with Crippen molar-refractivity contribution in [3.63, 3.8) is 0 Å². The molecule has 2 aliphatic rings. The highest BCUT2D eigenvalue weighted by molar-refractivity contribution is 4.73. The van der Waals surface area contributed by atoms with Crippen molar-refractivity contribution in [2.45, 2.75) is 64.0 Å². The van der Waals surface area contributed by atoms with Gasteiger partial charge in [0.25, 0.3) is 0 Å². The third-order valence-corrected chi connectivity index (χ3v) is 3.77. The van der Waals surface area contributed by atoms with E-state index >= 15 is 0 Å². The van der Waals surface area contributed by atoms with Crippen LogP contribution in [0.3, 0.4) is 0 Å². The molecule has 0 aliphatic carbocycles. The van der Waals surface area contributed by atoms with Gasteiger partial charge < -0.3 is 0 Å². The van der Waals surface area contributed by atoms with Gasteiger partial charge in [-0.1, -0.05) is 32.1 Å². The second-order valence-corrected chi connectivity index (χ2v) is 5.04. The van der Waals surface area contributed by atoms with Crippen LogP contribution < -0.4 is 5.32 Å². The summed E-state index contributed by atoms with van der Waals surface area (Å²) in [5.74, 6) is 0. The third-order valence-electron chi connectivity index (χ3n) is 3.77. The molecule has 87 valence electrons. The minimum absolute atomic E-state index is 0.573. The summed E-state index contributed by atoms with van der Waals surface area (Å²) in [7, 11) is 0. The van der Waals surface area contributed by atoms with Crippen molar-refractivity contribution in [2.75, 3.05) is 19.6 Å². The van der Waals surface area contributed by atoms with Crippen molar-refractivity contribution < 1.29 is 0 Å². The van der Waals surface area contributed by atoms with E-state index in [9.17, 15) is 0 Å². The molecule has 2 heteroatoms. The Labute approximate surface area is 94.4 Å². The van der Waals surface area contributed by atoms with Crippen LogP contribution in [0, 0.1) is 0 Å². The van der Waals surface area contributed by atoms with Gasteiger partial charge in [-0.2, -0.15) is 0 Å². The van der Waals surface area contributed by atoms with Gasteiger partial charge in [0.15, 0.2) is 0 Å². The molecule has 15 heavy (non-hydrogen) atoms. The molecule has 2 nitrogen and oxygen atoms in total. The van der Waals surface area contributed by atoms with Crippen molar-refractivity contribution in [3.05, 3.63) is 0 Å². The largest absolute Gasteiger partial charge is 0.287 e. The molecule has 0 saturated carbocycles. The molecule has 2 rings (SSSR count). The van der Waals surface area contributed by atoms with Crippen molar-refractivity contribution in [3.8, 4) is 0 Å². The predicted octanol–water partition coefficient (Wildman–Crippen LogP) is 2.76. The van der Waals surface area contributed by atoms with Gasteiger partial charge in [-0.25, -0.2) is 5.32 Å². The van der Waals surface area contributed by atoms with Crippen molar-refractivity contribution >= 4 is 0 Å². The second-order valence-electron chi connectivity index (χ2n) is 5.04. The molecule has 2 aliphatic heterocycles. The molecule has 0 aromatic rings. The average Bonchev–Trinajstić information content (AvgIpc) is 2.45. The van der Waals surface area contributed by atoms with E-state index in [0.717, 1.165) is 6.54 Å². The monoisotopic (exact) mass is 209 g/mol. The summed E-state index contributed by atoms with van der Waals surface area (Å²) in [6.07, 6.45) is 13.1. The van der Waals surface area contributed by atoms with Crippen LogP contribution in [0.1, 0.15) is 57.8 Å². The summed E-state index contributed by atoms with van der Waals surface area (Å²) in [6.45, 7) is 3.71. The molecule has 2 fully saturated rings. The quantitative estimate of drug-likeness (QED) is 0.649. The first-order valence-corrected chi connectivity index (χ1v) is 6.87. The Bertz CT molecular complexity index is 154. The van der Waals surface area contributed by atoms with Crippen LogP contribution in [-0.4, -0.2) is 30.7 Å². The zero-order valence-corrected chi connectivity index (χ0v) is 9.96. The first kappa shape index (κ1) is 11.4. The summed E-state index contributed by atoms with van der Waals surface area (Å²) >= 11 is 0. The summed E-state index contributed by atoms with van der Waals surface area (Å²) in [5, 5.41) is 4.87. The molecule has 0 spiro atoms. The van der Waals surface area contributed by atoms with E-state index in [2.05, 4.69) is 4.90 Å². The van der Waals surface area contributed by atoms with Crippen LogP contribution in [0.25, 0.3) is 0 Å². The van der Waals surface area contributed by atoms with E-state index in [4.69, 9.17) is 5.32 Å². The average molecular weight is 209 g/mol. The third kappa shape index (κ3) is 3.76. The van der Waals surface area contributed by atoms with E-state index in [1.165, 1.54) is 70.9 Å². The Morgan fingerprint density at radius 2 is 1.40 bits per heavy atom. The summed E-state index contributed by atoms with van der Waals surface area (Å²) < 4.78 is 0. The zero-order chi connectivity index (χ0) is 10.3. The molecule has 0 aromatic carbocycles. The Kier molecular flexibility index (Phi) is 4.94. The molecule has 1 unspecified atom stereocenters. The number of hydrogen-bond acceptors (Lipinski definition) is 1. The van der Waals surface area contributed by atoms with Crippen molar-refractivity contribution in [1.82, 2.24) is 10.2 Å². The maximum Gasteiger partial charge on any atom is 0.0760 e. The van der Waals surface area contributed by atoms with Crippen LogP contribution in [0.5, 0.6) is 0 Å². The molecular formula is C13H25N2. The minimum atomic E-state index is 0.573. The zero-order valence-electron chi connectivity index (χ0n) is 9.96. The molecule has 0 aromatic heterocycles. The number of rotatable bonds is 1. The van der Waals surface area contributed by atoms with Gasteiger partial charge in [0, 0.05) is 6.54 Å². The van der Waals surface area contributed by atoms with Gasteiger partial charge in [0.1, 0.15) is 0 Å². The van der Waals surface area contributed by atoms with Crippen molar-refractivity contribution in [1.29, 1.82) is 0 Å². The van der Waals surface area contributed by atoms with Gasteiger partial charge in [-0.3, -0.25) is 4.90 Å². The molecule has 1 radical (unpaired) electrons. The molecule has 0 amide bonds. The first-order valence-electron chi connectivity index (χ1n) is 6.87. The Morgan fingerprint density at radius 3 is 2.20 bits per heavy atom. The summed E-state index contributed by atoms with van der Waals surface area (Å²) in [4.78, 5) is 2.65. The molecule has 1 atom stereocenters. The van der Waals surface area contributed by atoms with Gasteiger partial charge in [-0.15, -0.1) is 0 Å². The molecule has 0 bridgehead atoms. The van der Waals surface area contributed by atoms with Crippen molar-refractivity contribution in [2.24, 2.45) is 0 Å². The second kappa shape index (κ2) is 6.49. The number of likely N-dealkylation sites (tertiary alicyclic amines) is 1. The van der Waals surface area contributed by atoms with E-state index in [-0.39, 0.29) is 0 Å². The lowest BCUT2D eigenvalue weighted by molar-refractivity contribution is 0.149. The molecular weight excluding hydrogens is 184 g/mol. The highest BCUT2D eigenvalue weighted by atomic mass is 15.3. The topological polar surface area (TPSA) is 17.3 Å². The lowest BCUT2D eigenvalue weighted by Crippen LogP contribution is -2.43. The van der Waals surface area contributed by atoms with E-state index in [0.29, 0.717) is 6.17 Å². The first-order chi connectivity index (χ1) is 7.47. The lowest BCUT2D eigenvalue weighted by atomic mass is 10.1. The van der Waals surface area contributed by atoms with Gasteiger partial charge in [0.05, 0.1) is 6.17 Å². The standard InChI is InChI=1S/C13H25N2/c1-2-6-10-14-13(9-5-1)15-11-7-3-4-8-12-15/h13H,1-12H2. The highest BCUT2D eigenvalue weighted by Gasteiger charge is 2.20. The van der Waals surface area contributed by atoms with E-state index < -0.39 is 0 Å². The van der Waals surface area contributed by atoms with Crippen LogP contribution in [-0.2, 0) is 0 Å². The van der Waals surface area contributed by atoms with E-state index in [1.807, 2.05) is 0 Å². The fourth-order valence-electron chi connectivity index (χ4n) is 2.82. The van der Waals surface area contributed by atoms with Gasteiger partial charge >= 0.3 is 0 Å². The molecule has 0 N–H and O–H groups in total. The Balaban J connectivity index is 1.82. The maximum absolute atomic E-state index is 4.87. The van der Waals surface area contributed by atoms with Crippen LogP contribution in [0.2, 0.25) is 0 Å². The van der Waals surface area contributed by atoms with Crippen LogP contribution in [0.4, 0.5) is 0 Å². The fraction of sp³-hybridized carbons (Fsp3) is 1.00. The highest BCUT2D eigenvalue weighted by Crippen LogP contribution is 2.17. The van der Waals surface area contributed by atoms with Crippen LogP contribution in [0.15, 0.2) is 0 Å². The minimum Gasteiger partial charge on any atom is -0.287 e. The van der Waals surface area contributed by atoms with Crippen LogP contribution >= 0.6 is 0 Å². The summed E-state index contributed by atoms with van der Waals surface area (Å²) in [6, 6.07) is 0. The maximum atomic E-state index is 4.87. The SMILES string of the molecule is C1CCCC(N2CCCCCC2)[N]CC1. The number of nitrogens with zero attached hydrogens (tertiary/aromatic N) is 2. The summed E-state index contributed by atoms with van der Waals surface area (Å²) in [5.41, 5.74) is 0. The molecule has 2 heterocycles. The normalized spacial score (nSPS) is 31.6. The number of hydrogen-bond donors (Lipinski definition) is 0. The van der Waals surface area contributed by atoms with Gasteiger partial charge in [-0.05, 0) is 38.8 Å². The van der Waals surface area contributed by atoms with Gasteiger partial charge in [0.2, 0.25) is 0 Å². The fourth-order valence-corrected chi connectivity index (χ4v) is 2.82. The Morgan fingerprint density at radius 1 is 0.733 bits per heavy atom.